The molecule has 1 unspecified atom stereocenters. The van der Waals surface area contributed by atoms with Gasteiger partial charge < -0.3 is 10.2 Å². The number of para-hydroxylation sites is 1. The number of rotatable bonds is 4. The second-order valence-corrected chi connectivity index (χ2v) is 4.98. The Morgan fingerprint density at radius 2 is 2.25 bits per heavy atom. The smallest absolute Gasteiger partial charge is 0.138 e. The summed E-state index contributed by atoms with van der Waals surface area (Å²) in [5, 5.41) is 3.20. The molecule has 1 N–H and O–H groups in total. The summed E-state index contributed by atoms with van der Waals surface area (Å²) in [6.45, 7) is 6.62. The first-order chi connectivity index (χ1) is 9.79. The summed E-state index contributed by atoms with van der Waals surface area (Å²) in [7, 11) is 0. The molecule has 0 bridgehead atoms. The lowest BCUT2D eigenvalue weighted by Crippen LogP contribution is -2.25. The van der Waals surface area contributed by atoms with Crippen LogP contribution in [-0.2, 0) is 6.42 Å². The fraction of sp³-hybridized carbons (Fsp3) is 0.250. The third-order valence-corrected chi connectivity index (χ3v) is 3.53. The summed E-state index contributed by atoms with van der Waals surface area (Å²) in [6.07, 6.45) is 4.47. The van der Waals surface area contributed by atoms with E-state index < -0.39 is 0 Å². The van der Waals surface area contributed by atoms with Crippen LogP contribution in [0.1, 0.15) is 12.5 Å². The summed E-state index contributed by atoms with van der Waals surface area (Å²) in [5.41, 5.74) is 2.62. The first kappa shape index (κ1) is 12.7. The van der Waals surface area contributed by atoms with Crippen LogP contribution in [0.4, 0.5) is 17.3 Å². The molecule has 1 aliphatic rings. The number of nitrogens with one attached hydrogen (secondary N) is 1. The van der Waals surface area contributed by atoms with Crippen molar-refractivity contribution in [3.63, 3.8) is 0 Å². The van der Waals surface area contributed by atoms with Gasteiger partial charge in [-0.1, -0.05) is 24.3 Å². The van der Waals surface area contributed by atoms with Gasteiger partial charge in [0.05, 0.1) is 0 Å². The molecule has 1 aliphatic heterocycles. The lowest BCUT2D eigenvalue weighted by atomic mass is 10.1. The van der Waals surface area contributed by atoms with E-state index in [0.29, 0.717) is 12.6 Å². The van der Waals surface area contributed by atoms with Crippen molar-refractivity contribution in [2.75, 3.05) is 16.8 Å². The zero-order valence-electron chi connectivity index (χ0n) is 11.6. The zero-order chi connectivity index (χ0) is 13.9. The molecule has 2 heterocycles. The third-order valence-electron chi connectivity index (χ3n) is 3.53. The Balaban J connectivity index is 1.94. The van der Waals surface area contributed by atoms with Gasteiger partial charge in [0.2, 0.25) is 0 Å². The second-order valence-electron chi connectivity index (χ2n) is 4.98. The molecular weight excluding hydrogens is 248 g/mol. The first-order valence-corrected chi connectivity index (χ1v) is 6.83. The number of nitrogens with zero attached hydrogens (tertiary/aromatic N) is 3. The number of aromatic nitrogens is 2. The van der Waals surface area contributed by atoms with Crippen LogP contribution >= 0.6 is 0 Å². The van der Waals surface area contributed by atoms with E-state index in [2.05, 4.69) is 58.0 Å². The Morgan fingerprint density at radius 3 is 3.10 bits per heavy atom. The van der Waals surface area contributed by atoms with Crippen LogP contribution in [0.2, 0.25) is 0 Å². The van der Waals surface area contributed by atoms with E-state index >= 15 is 0 Å². The SMILES string of the molecule is C=CCNc1cc(N2c3ccccc3CC2C)ncn1. The Morgan fingerprint density at radius 1 is 1.40 bits per heavy atom. The lowest BCUT2D eigenvalue weighted by molar-refractivity contribution is 0.749. The molecule has 0 fully saturated rings. The van der Waals surface area contributed by atoms with Gasteiger partial charge in [0.1, 0.15) is 18.0 Å². The van der Waals surface area contributed by atoms with Crippen LogP contribution in [0.3, 0.4) is 0 Å². The molecule has 0 saturated carbocycles. The quantitative estimate of drug-likeness (QED) is 0.863. The van der Waals surface area contributed by atoms with E-state index in [1.54, 1.807) is 6.33 Å². The molecule has 20 heavy (non-hydrogen) atoms. The number of benzene rings is 1. The van der Waals surface area contributed by atoms with Gasteiger partial charge in [-0.25, -0.2) is 9.97 Å². The highest BCUT2D eigenvalue weighted by Gasteiger charge is 2.27. The normalized spacial score (nSPS) is 16.9. The van der Waals surface area contributed by atoms with Crippen molar-refractivity contribution < 1.29 is 0 Å². The van der Waals surface area contributed by atoms with Crippen LogP contribution in [0.5, 0.6) is 0 Å². The van der Waals surface area contributed by atoms with E-state index in [1.165, 1.54) is 11.3 Å². The molecule has 0 aliphatic carbocycles. The van der Waals surface area contributed by atoms with Crippen LogP contribution in [-0.4, -0.2) is 22.6 Å². The molecular formula is C16H18N4. The van der Waals surface area contributed by atoms with Crippen molar-refractivity contribution in [1.29, 1.82) is 0 Å². The van der Waals surface area contributed by atoms with Crippen molar-refractivity contribution >= 4 is 17.3 Å². The average molecular weight is 266 g/mol. The van der Waals surface area contributed by atoms with Gasteiger partial charge in [-0.3, -0.25) is 0 Å². The van der Waals surface area contributed by atoms with E-state index in [4.69, 9.17) is 0 Å². The molecule has 1 atom stereocenters. The van der Waals surface area contributed by atoms with Crippen molar-refractivity contribution in [3.8, 4) is 0 Å². The third kappa shape index (κ3) is 2.25. The maximum absolute atomic E-state index is 4.43. The molecule has 0 spiro atoms. The van der Waals surface area contributed by atoms with Gasteiger partial charge in [-0.15, -0.1) is 6.58 Å². The first-order valence-electron chi connectivity index (χ1n) is 6.83. The standard InChI is InChI=1S/C16H18N4/c1-3-8-17-15-10-16(19-11-18-15)20-12(2)9-13-6-4-5-7-14(13)20/h3-7,10-12H,1,8-9H2,2H3,(H,17,18,19). The zero-order valence-corrected chi connectivity index (χ0v) is 11.6. The predicted molar refractivity (Wildman–Crippen MR) is 82.5 cm³/mol. The van der Waals surface area contributed by atoms with Crippen molar-refractivity contribution in [2.24, 2.45) is 0 Å². The van der Waals surface area contributed by atoms with Crippen LogP contribution in [0.25, 0.3) is 0 Å². The highest BCUT2D eigenvalue weighted by atomic mass is 15.2. The van der Waals surface area contributed by atoms with E-state index in [0.717, 1.165) is 18.1 Å². The summed E-state index contributed by atoms with van der Waals surface area (Å²) in [5.74, 6) is 1.76. The number of fused-ring (bicyclic) bond motifs is 1. The molecule has 4 heteroatoms. The average Bonchev–Trinajstić information content (AvgIpc) is 2.81. The lowest BCUT2D eigenvalue weighted by Gasteiger charge is -2.24. The van der Waals surface area contributed by atoms with Gasteiger partial charge in [0, 0.05) is 24.3 Å². The minimum atomic E-state index is 0.412. The van der Waals surface area contributed by atoms with Gasteiger partial charge in [-0.2, -0.15) is 0 Å². The summed E-state index contributed by atoms with van der Waals surface area (Å²) in [6, 6.07) is 10.9. The predicted octanol–water partition coefficient (Wildman–Crippen LogP) is 3.16. The number of anilines is 3. The fourth-order valence-electron chi connectivity index (χ4n) is 2.67. The molecule has 1 aromatic carbocycles. The summed E-state index contributed by atoms with van der Waals surface area (Å²) in [4.78, 5) is 10.9. The van der Waals surface area contributed by atoms with Gasteiger partial charge >= 0.3 is 0 Å². The van der Waals surface area contributed by atoms with E-state index in [-0.39, 0.29) is 0 Å². The minimum absolute atomic E-state index is 0.412. The molecule has 4 nitrogen and oxygen atoms in total. The molecule has 3 rings (SSSR count). The molecule has 0 saturated heterocycles. The van der Waals surface area contributed by atoms with Gasteiger partial charge in [0.15, 0.2) is 0 Å². The molecule has 0 radical (unpaired) electrons. The fourth-order valence-corrected chi connectivity index (χ4v) is 2.67. The van der Waals surface area contributed by atoms with Crippen molar-refractivity contribution in [2.45, 2.75) is 19.4 Å². The Kier molecular flexibility index (Phi) is 3.37. The topological polar surface area (TPSA) is 41.0 Å². The molecule has 102 valence electrons. The second kappa shape index (κ2) is 5.33. The summed E-state index contributed by atoms with van der Waals surface area (Å²) >= 11 is 0. The van der Waals surface area contributed by atoms with Crippen LogP contribution < -0.4 is 10.2 Å². The molecule has 0 amide bonds. The largest absolute Gasteiger partial charge is 0.366 e. The molecule has 1 aromatic heterocycles. The Bertz CT molecular complexity index is 623. The maximum atomic E-state index is 4.43. The van der Waals surface area contributed by atoms with Crippen molar-refractivity contribution in [3.05, 3.63) is 54.9 Å². The van der Waals surface area contributed by atoms with Gasteiger partial charge in [0.25, 0.3) is 0 Å². The van der Waals surface area contributed by atoms with Gasteiger partial charge in [-0.05, 0) is 25.0 Å². The molecule has 2 aromatic rings. The van der Waals surface area contributed by atoms with Crippen molar-refractivity contribution in [1.82, 2.24) is 9.97 Å². The summed E-state index contributed by atoms with van der Waals surface area (Å²) < 4.78 is 0. The number of hydrogen-bond acceptors (Lipinski definition) is 4. The Labute approximate surface area is 119 Å². The van der Waals surface area contributed by atoms with E-state index in [9.17, 15) is 0 Å². The minimum Gasteiger partial charge on any atom is -0.366 e. The highest BCUT2D eigenvalue weighted by Crippen LogP contribution is 2.37. The van der Waals surface area contributed by atoms with Crippen LogP contribution in [0.15, 0.2) is 49.3 Å². The highest BCUT2D eigenvalue weighted by molar-refractivity contribution is 5.69. The maximum Gasteiger partial charge on any atom is 0.138 e. The van der Waals surface area contributed by atoms with E-state index in [1.807, 2.05) is 12.1 Å². The Hall–Kier alpha value is -2.36. The monoisotopic (exact) mass is 266 g/mol. The number of hydrogen-bond donors (Lipinski definition) is 1. The van der Waals surface area contributed by atoms with Crippen LogP contribution in [0, 0.1) is 0 Å².